The third kappa shape index (κ3) is 2.99. The predicted molar refractivity (Wildman–Crippen MR) is 131 cm³/mol. The molecule has 7 nitrogen and oxygen atoms in total. The maximum absolute atomic E-state index is 9.12. The minimum atomic E-state index is 0.454. The molecule has 34 heavy (non-hydrogen) atoms. The summed E-state index contributed by atoms with van der Waals surface area (Å²) in [6, 6.07) is 18.9. The van der Waals surface area contributed by atoms with Crippen molar-refractivity contribution in [3.63, 3.8) is 0 Å². The number of fused-ring (bicyclic) bond motifs is 5. The number of nitrogens with zero attached hydrogens (tertiary/aromatic N) is 6. The summed E-state index contributed by atoms with van der Waals surface area (Å²) < 4.78 is 4.37. The van der Waals surface area contributed by atoms with Crippen LogP contribution in [0.5, 0.6) is 0 Å². The summed E-state index contributed by atoms with van der Waals surface area (Å²) in [6.45, 7) is 5.34. The van der Waals surface area contributed by atoms with Gasteiger partial charge in [-0.1, -0.05) is 12.1 Å². The second-order valence-electron chi connectivity index (χ2n) is 9.91. The molecular weight excluding hydrogens is 422 g/mol. The average molecular weight is 448 g/mol. The number of anilines is 1. The van der Waals surface area contributed by atoms with Crippen molar-refractivity contribution in [1.29, 1.82) is 5.26 Å². The summed E-state index contributed by atoms with van der Waals surface area (Å²) in [5.74, 6) is 0.850. The van der Waals surface area contributed by atoms with E-state index in [9.17, 15) is 0 Å². The molecule has 7 rings (SSSR count). The Morgan fingerprint density at radius 1 is 1.03 bits per heavy atom. The van der Waals surface area contributed by atoms with Crippen LogP contribution in [0, 0.1) is 16.7 Å². The third-order valence-corrected chi connectivity index (χ3v) is 7.66. The van der Waals surface area contributed by atoms with Crippen LogP contribution < -0.4 is 10.2 Å². The first-order valence-corrected chi connectivity index (χ1v) is 11.9. The number of benzene rings is 2. The molecule has 4 aromatic rings. The van der Waals surface area contributed by atoms with Gasteiger partial charge >= 0.3 is 0 Å². The van der Waals surface area contributed by atoms with Crippen LogP contribution in [-0.4, -0.2) is 45.5 Å². The molecule has 0 radical (unpaired) electrons. The van der Waals surface area contributed by atoms with Crippen molar-refractivity contribution < 1.29 is 0 Å². The second kappa shape index (κ2) is 7.31. The molecule has 0 bridgehead atoms. The van der Waals surface area contributed by atoms with Gasteiger partial charge in [0, 0.05) is 49.0 Å². The summed E-state index contributed by atoms with van der Waals surface area (Å²) >= 11 is 0. The Kier molecular flexibility index (Phi) is 4.20. The fourth-order valence-corrected chi connectivity index (χ4v) is 5.87. The molecule has 1 N–H and O–H groups in total. The Bertz CT molecular complexity index is 1420. The van der Waals surface area contributed by atoms with Crippen LogP contribution in [0.3, 0.4) is 0 Å². The van der Waals surface area contributed by atoms with Gasteiger partial charge in [0.25, 0.3) is 0 Å². The highest BCUT2D eigenvalue weighted by Crippen LogP contribution is 2.41. The minimum absolute atomic E-state index is 0.454. The highest BCUT2D eigenvalue weighted by Gasteiger charge is 2.43. The number of nitrogens with one attached hydrogen (secondary N) is 1. The van der Waals surface area contributed by atoms with Gasteiger partial charge in [0.15, 0.2) is 5.82 Å². The van der Waals surface area contributed by atoms with Crippen molar-refractivity contribution in [3.8, 4) is 34.4 Å². The Labute approximate surface area is 198 Å². The quantitative estimate of drug-likeness (QED) is 0.445. The molecule has 168 valence electrons. The fourth-order valence-electron chi connectivity index (χ4n) is 5.87. The zero-order valence-electron chi connectivity index (χ0n) is 18.9. The summed E-state index contributed by atoms with van der Waals surface area (Å²) in [4.78, 5) is 2.52. The molecule has 0 saturated carbocycles. The Morgan fingerprint density at radius 2 is 1.91 bits per heavy atom. The Hall–Kier alpha value is -3.89. The van der Waals surface area contributed by atoms with Gasteiger partial charge in [0.1, 0.15) is 6.33 Å². The normalized spacial score (nSPS) is 17.8. The summed E-state index contributed by atoms with van der Waals surface area (Å²) in [7, 11) is 0. The number of aromatic nitrogens is 4. The highest BCUT2D eigenvalue weighted by molar-refractivity contribution is 5.72. The molecule has 2 aromatic carbocycles. The SMILES string of the molecule is N#Cc1ccc(-c2cc3n(c2)Cc2cc(N4CC5(CCCNC5)C4)ccc2-n2cnnc2-3)cc1. The first kappa shape index (κ1) is 19.6. The van der Waals surface area contributed by atoms with E-state index in [4.69, 9.17) is 5.26 Å². The third-order valence-electron chi connectivity index (χ3n) is 7.66. The molecule has 1 spiro atoms. The van der Waals surface area contributed by atoms with Gasteiger partial charge < -0.3 is 14.8 Å². The lowest BCUT2D eigenvalue weighted by molar-refractivity contribution is 0.157. The smallest absolute Gasteiger partial charge is 0.185 e. The zero-order valence-corrected chi connectivity index (χ0v) is 18.9. The van der Waals surface area contributed by atoms with Crippen molar-refractivity contribution in [2.75, 3.05) is 31.1 Å². The van der Waals surface area contributed by atoms with Crippen molar-refractivity contribution in [3.05, 3.63) is 72.2 Å². The van der Waals surface area contributed by atoms with Gasteiger partial charge in [-0.05, 0) is 66.9 Å². The molecular formula is C27H25N7. The number of nitriles is 1. The molecule has 0 aliphatic carbocycles. The van der Waals surface area contributed by atoms with Gasteiger partial charge in [-0.2, -0.15) is 5.26 Å². The standard InChI is InChI=1S/C27H25N7/c28-12-19-2-4-20(5-3-19)21-11-25-26-31-30-18-34(26)24-7-6-23(10-22(24)14-32(25)13-21)33-16-27(17-33)8-1-9-29-15-27/h2-7,10-11,13,18,29H,1,8-9,14-17H2. The maximum Gasteiger partial charge on any atom is 0.185 e. The number of rotatable bonds is 2. The van der Waals surface area contributed by atoms with Crippen LogP contribution in [0.15, 0.2) is 61.1 Å². The average Bonchev–Trinajstić information content (AvgIpc) is 3.48. The van der Waals surface area contributed by atoms with Crippen LogP contribution in [0.1, 0.15) is 24.0 Å². The highest BCUT2D eigenvalue weighted by atomic mass is 15.3. The fraction of sp³-hybridized carbons (Fsp3) is 0.296. The van der Waals surface area contributed by atoms with E-state index in [2.05, 4.69) is 66.1 Å². The van der Waals surface area contributed by atoms with E-state index in [-0.39, 0.29) is 0 Å². The lowest BCUT2D eigenvalue weighted by Crippen LogP contribution is -2.62. The van der Waals surface area contributed by atoms with E-state index in [1.54, 1.807) is 0 Å². The minimum Gasteiger partial charge on any atom is -0.370 e. The van der Waals surface area contributed by atoms with Gasteiger partial charge in [-0.25, -0.2) is 0 Å². The van der Waals surface area contributed by atoms with E-state index in [0.717, 1.165) is 61.1 Å². The number of hydrogen-bond donors (Lipinski definition) is 1. The van der Waals surface area contributed by atoms with Crippen molar-refractivity contribution in [2.24, 2.45) is 5.41 Å². The Balaban J connectivity index is 1.24. The summed E-state index contributed by atoms with van der Waals surface area (Å²) in [5, 5.41) is 21.4. The van der Waals surface area contributed by atoms with Gasteiger partial charge in [0.2, 0.25) is 0 Å². The lowest BCUT2D eigenvalue weighted by atomic mass is 9.74. The molecule has 2 fully saturated rings. The first-order chi connectivity index (χ1) is 16.7. The van der Waals surface area contributed by atoms with Crippen LogP contribution in [0.2, 0.25) is 0 Å². The van der Waals surface area contributed by atoms with Gasteiger partial charge in [0.05, 0.1) is 23.0 Å². The number of piperidine rings is 1. The maximum atomic E-state index is 9.12. The van der Waals surface area contributed by atoms with E-state index in [0.29, 0.717) is 11.0 Å². The van der Waals surface area contributed by atoms with Gasteiger partial charge in [-0.3, -0.25) is 4.57 Å². The molecule has 0 atom stereocenters. The van der Waals surface area contributed by atoms with Crippen LogP contribution in [0.25, 0.3) is 28.3 Å². The van der Waals surface area contributed by atoms with Crippen LogP contribution in [-0.2, 0) is 6.54 Å². The molecule has 5 heterocycles. The predicted octanol–water partition coefficient (Wildman–Crippen LogP) is 3.83. The molecule has 2 aromatic heterocycles. The zero-order chi connectivity index (χ0) is 22.7. The molecule has 3 aliphatic heterocycles. The topological polar surface area (TPSA) is 74.7 Å². The van der Waals surface area contributed by atoms with Crippen LogP contribution >= 0.6 is 0 Å². The summed E-state index contributed by atoms with van der Waals surface area (Å²) in [5.41, 5.74) is 8.08. The Morgan fingerprint density at radius 3 is 2.71 bits per heavy atom. The van der Waals surface area contributed by atoms with E-state index in [1.807, 2.05) is 30.6 Å². The number of hydrogen-bond acceptors (Lipinski definition) is 5. The molecule has 0 unspecified atom stereocenters. The molecule has 2 saturated heterocycles. The van der Waals surface area contributed by atoms with E-state index >= 15 is 0 Å². The largest absolute Gasteiger partial charge is 0.370 e. The lowest BCUT2D eigenvalue weighted by Gasteiger charge is -2.53. The molecule has 3 aliphatic rings. The monoisotopic (exact) mass is 447 g/mol. The van der Waals surface area contributed by atoms with Crippen molar-refractivity contribution >= 4 is 5.69 Å². The molecule has 0 amide bonds. The summed E-state index contributed by atoms with van der Waals surface area (Å²) in [6.07, 6.45) is 6.61. The van der Waals surface area contributed by atoms with E-state index in [1.165, 1.54) is 24.1 Å². The van der Waals surface area contributed by atoms with Gasteiger partial charge in [-0.15, -0.1) is 10.2 Å². The van der Waals surface area contributed by atoms with E-state index < -0.39 is 0 Å². The second-order valence-corrected chi connectivity index (χ2v) is 9.91. The molecule has 7 heteroatoms. The van der Waals surface area contributed by atoms with Crippen molar-refractivity contribution in [1.82, 2.24) is 24.6 Å². The van der Waals surface area contributed by atoms with Crippen LogP contribution in [0.4, 0.5) is 5.69 Å². The van der Waals surface area contributed by atoms with Crippen molar-refractivity contribution in [2.45, 2.75) is 19.4 Å². The first-order valence-electron chi connectivity index (χ1n) is 11.9.